The highest BCUT2D eigenvalue weighted by atomic mass is 32.2. The lowest BCUT2D eigenvalue weighted by Crippen LogP contribution is -2.49. The molecule has 0 saturated carbocycles. The normalized spacial score (nSPS) is 31.2. The molecule has 0 bridgehead atoms. The largest absolute Gasteiger partial charge is 0.385 e. The van der Waals surface area contributed by atoms with Crippen molar-refractivity contribution < 1.29 is 27.6 Å². The predicted molar refractivity (Wildman–Crippen MR) is 70.4 cm³/mol. The van der Waals surface area contributed by atoms with Crippen molar-refractivity contribution in [2.45, 2.75) is 49.8 Å². The third-order valence-electron chi connectivity index (χ3n) is 3.17. The first-order valence-corrected chi connectivity index (χ1v) is 7.72. The van der Waals surface area contributed by atoms with Crippen LogP contribution < -0.4 is 0 Å². The highest BCUT2D eigenvalue weighted by Gasteiger charge is 2.38. The summed E-state index contributed by atoms with van der Waals surface area (Å²) in [5, 5.41) is 19.2. The molecule has 2 rings (SSSR count). The van der Waals surface area contributed by atoms with Gasteiger partial charge in [0.1, 0.15) is 12.2 Å². The van der Waals surface area contributed by atoms with E-state index >= 15 is 0 Å². The van der Waals surface area contributed by atoms with Crippen LogP contribution in [0.1, 0.15) is 18.9 Å². The van der Waals surface area contributed by atoms with E-state index in [0.29, 0.717) is 0 Å². The lowest BCUT2D eigenvalue weighted by Gasteiger charge is -2.34. The topological polar surface area (TPSA) is 93.1 Å². The molecule has 1 aromatic carbocycles. The molecule has 1 aliphatic heterocycles. The quantitative estimate of drug-likeness (QED) is 0.792. The summed E-state index contributed by atoms with van der Waals surface area (Å²) in [5.74, 6) is 0. The average molecular weight is 302 g/mol. The number of aliphatic hydroxyl groups excluding tert-OH is 2. The molecule has 1 fully saturated rings. The molecule has 1 saturated heterocycles. The van der Waals surface area contributed by atoms with Crippen LogP contribution in [0.15, 0.2) is 29.2 Å². The van der Waals surface area contributed by atoms with Gasteiger partial charge in [0, 0.05) is 6.42 Å². The maximum absolute atomic E-state index is 12.1. The zero-order valence-corrected chi connectivity index (χ0v) is 12.1. The first-order chi connectivity index (χ1) is 9.29. The molecule has 112 valence electrons. The summed E-state index contributed by atoms with van der Waals surface area (Å²) < 4.78 is 34.3. The molecule has 4 atom stereocenters. The van der Waals surface area contributed by atoms with E-state index in [1.165, 1.54) is 12.1 Å². The van der Waals surface area contributed by atoms with Crippen molar-refractivity contribution in [3.8, 4) is 0 Å². The molecular formula is C13H18O6S. The van der Waals surface area contributed by atoms with Crippen LogP contribution in [0.25, 0.3) is 0 Å². The van der Waals surface area contributed by atoms with Crippen LogP contribution in [0.4, 0.5) is 0 Å². The van der Waals surface area contributed by atoms with E-state index in [2.05, 4.69) is 0 Å². The summed E-state index contributed by atoms with van der Waals surface area (Å²) in [6.45, 7) is 3.52. The summed E-state index contributed by atoms with van der Waals surface area (Å²) in [7, 11) is -3.98. The first-order valence-electron chi connectivity index (χ1n) is 6.31. The third-order valence-corrected chi connectivity index (χ3v) is 4.52. The van der Waals surface area contributed by atoms with Gasteiger partial charge in [-0.1, -0.05) is 17.7 Å². The fraction of sp³-hybridized carbons (Fsp3) is 0.538. The lowest BCUT2D eigenvalue weighted by atomic mass is 10.0. The summed E-state index contributed by atoms with van der Waals surface area (Å²) in [4.78, 5) is 0.0175. The second-order valence-corrected chi connectivity index (χ2v) is 6.54. The van der Waals surface area contributed by atoms with Gasteiger partial charge in [-0.15, -0.1) is 0 Å². The third kappa shape index (κ3) is 3.36. The fourth-order valence-corrected chi connectivity index (χ4v) is 3.14. The van der Waals surface area contributed by atoms with Crippen LogP contribution in [0.3, 0.4) is 0 Å². The molecule has 6 nitrogen and oxygen atoms in total. The van der Waals surface area contributed by atoms with E-state index < -0.39 is 34.7 Å². The van der Waals surface area contributed by atoms with Gasteiger partial charge < -0.3 is 14.9 Å². The van der Waals surface area contributed by atoms with E-state index in [9.17, 15) is 18.6 Å². The number of rotatable bonds is 3. The van der Waals surface area contributed by atoms with Crippen molar-refractivity contribution in [3.63, 3.8) is 0 Å². The molecule has 1 aliphatic rings. The monoisotopic (exact) mass is 302 g/mol. The second kappa shape index (κ2) is 5.79. The molecule has 0 spiro atoms. The molecule has 2 N–H and O–H groups in total. The zero-order chi connectivity index (χ0) is 14.9. The van der Waals surface area contributed by atoms with Crippen molar-refractivity contribution in [1.82, 2.24) is 0 Å². The molecule has 0 aromatic heterocycles. The molecule has 0 amide bonds. The van der Waals surface area contributed by atoms with Gasteiger partial charge in [0.15, 0.2) is 6.29 Å². The van der Waals surface area contributed by atoms with Gasteiger partial charge in [-0.25, -0.2) is 0 Å². The van der Waals surface area contributed by atoms with Crippen LogP contribution in [0.2, 0.25) is 0 Å². The van der Waals surface area contributed by atoms with Crippen molar-refractivity contribution in [2.75, 3.05) is 0 Å². The Bertz CT molecular complexity index is 553. The maximum Gasteiger partial charge on any atom is 0.297 e. The summed E-state index contributed by atoms with van der Waals surface area (Å²) in [5.41, 5.74) is 0.930. The average Bonchev–Trinajstić information content (AvgIpc) is 2.35. The van der Waals surface area contributed by atoms with E-state index in [1.807, 2.05) is 6.92 Å². The lowest BCUT2D eigenvalue weighted by molar-refractivity contribution is -0.238. The van der Waals surface area contributed by atoms with E-state index in [1.54, 1.807) is 19.1 Å². The standard InChI is InChI=1S/C13H18O6S/c1-8-3-5-10(6-4-8)20(16,17)19-11-7-9(2)18-13(15)12(11)14/h3-6,9,11-15H,7H2,1-2H3/t9-,11+,12-,13+/m1/s1. The summed E-state index contributed by atoms with van der Waals surface area (Å²) in [6.07, 6.45) is -4.08. The van der Waals surface area contributed by atoms with Gasteiger partial charge in [0.05, 0.1) is 11.0 Å². The number of hydrogen-bond acceptors (Lipinski definition) is 6. The minimum absolute atomic E-state index is 0.0175. The summed E-state index contributed by atoms with van der Waals surface area (Å²) in [6, 6.07) is 6.20. The van der Waals surface area contributed by atoms with Crippen LogP contribution in [-0.2, 0) is 19.0 Å². The molecule has 0 unspecified atom stereocenters. The van der Waals surface area contributed by atoms with Crippen molar-refractivity contribution in [2.24, 2.45) is 0 Å². The number of aliphatic hydroxyl groups is 2. The Hall–Kier alpha value is -0.990. The van der Waals surface area contributed by atoms with Gasteiger partial charge in [0.25, 0.3) is 10.1 Å². The molecule has 0 radical (unpaired) electrons. The Balaban J connectivity index is 2.17. The fourth-order valence-electron chi connectivity index (χ4n) is 2.04. The van der Waals surface area contributed by atoms with Crippen molar-refractivity contribution in [3.05, 3.63) is 29.8 Å². The van der Waals surface area contributed by atoms with Crippen LogP contribution in [0, 0.1) is 6.92 Å². The van der Waals surface area contributed by atoms with Gasteiger partial charge in [-0.2, -0.15) is 8.42 Å². The number of benzene rings is 1. The van der Waals surface area contributed by atoms with E-state index in [0.717, 1.165) is 5.56 Å². The highest BCUT2D eigenvalue weighted by molar-refractivity contribution is 7.86. The van der Waals surface area contributed by atoms with Crippen LogP contribution in [-0.4, -0.2) is 43.2 Å². The Labute approximate surface area is 118 Å². The van der Waals surface area contributed by atoms with Crippen molar-refractivity contribution in [1.29, 1.82) is 0 Å². The molecular weight excluding hydrogens is 284 g/mol. The molecule has 1 heterocycles. The smallest absolute Gasteiger partial charge is 0.297 e. The molecule has 1 aromatic rings. The van der Waals surface area contributed by atoms with Gasteiger partial charge >= 0.3 is 0 Å². The molecule has 20 heavy (non-hydrogen) atoms. The van der Waals surface area contributed by atoms with E-state index in [-0.39, 0.29) is 11.3 Å². The molecule has 7 heteroatoms. The minimum atomic E-state index is -3.98. The maximum atomic E-state index is 12.1. The Kier molecular flexibility index (Phi) is 4.46. The van der Waals surface area contributed by atoms with Gasteiger partial charge in [-0.05, 0) is 26.0 Å². The Morgan fingerprint density at radius 1 is 1.25 bits per heavy atom. The SMILES string of the molecule is Cc1ccc(S(=O)(=O)O[C@H]2C[C@@H](C)O[C@H](O)[C@@H]2O)cc1. The Morgan fingerprint density at radius 3 is 2.45 bits per heavy atom. The number of hydrogen-bond donors (Lipinski definition) is 2. The highest BCUT2D eigenvalue weighted by Crippen LogP contribution is 2.25. The zero-order valence-electron chi connectivity index (χ0n) is 11.3. The van der Waals surface area contributed by atoms with Crippen LogP contribution in [0.5, 0.6) is 0 Å². The molecule has 0 aliphatic carbocycles. The van der Waals surface area contributed by atoms with Gasteiger partial charge in [-0.3, -0.25) is 4.18 Å². The summed E-state index contributed by atoms with van der Waals surface area (Å²) >= 11 is 0. The number of aryl methyl sites for hydroxylation is 1. The second-order valence-electron chi connectivity index (χ2n) is 4.97. The predicted octanol–water partition coefficient (Wildman–Crippen LogP) is 0.557. The van der Waals surface area contributed by atoms with Crippen molar-refractivity contribution >= 4 is 10.1 Å². The first kappa shape index (κ1) is 15.4. The Morgan fingerprint density at radius 2 is 1.85 bits per heavy atom. The van der Waals surface area contributed by atoms with Crippen LogP contribution >= 0.6 is 0 Å². The van der Waals surface area contributed by atoms with E-state index in [4.69, 9.17) is 8.92 Å². The number of ether oxygens (including phenoxy) is 1. The minimum Gasteiger partial charge on any atom is -0.385 e. The van der Waals surface area contributed by atoms with Gasteiger partial charge in [0.2, 0.25) is 0 Å².